The SMILES string of the molecule is Cc1cccc(S(=O)(=O)N2C[C@H](N3CCCC3=O)Cc3ncc(CC(=O)c4c(Cl)cccc4Cl)cc32)c1. The molecule has 10 heteroatoms. The zero-order valence-electron chi connectivity index (χ0n) is 20.2. The van der Waals surface area contributed by atoms with E-state index in [1.54, 1.807) is 53.6 Å². The molecule has 0 radical (unpaired) electrons. The first-order valence-electron chi connectivity index (χ1n) is 12.0. The molecule has 0 bridgehead atoms. The Hall–Kier alpha value is -2.94. The van der Waals surface area contributed by atoms with E-state index in [1.165, 1.54) is 4.31 Å². The normalized spacial score (nSPS) is 17.7. The summed E-state index contributed by atoms with van der Waals surface area (Å²) >= 11 is 12.4. The van der Waals surface area contributed by atoms with Crippen LogP contribution < -0.4 is 4.31 Å². The summed E-state index contributed by atoms with van der Waals surface area (Å²) < 4.78 is 29.1. The Kier molecular flexibility index (Phi) is 7.00. The molecule has 5 rings (SSSR count). The highest BCUT2D eigenvalue weighted by Crippen LogP contribution is 2.35. The van der Waals surface area contributed by atoms with E-state index < -0.39 is 10.0 Å². The molecule has 2 aliphatic rings. The number of carbonyl (C=O) groups is 2. The molecule has 0 saturated carbocycles. The number of ketones is 1. The van der Waals surface area contributed by atoms with Gasteiger partial charge in [-0.2, -0.15) is 0 Å². The van der Waals surface area contributed by atoms with Crippen molar-refractivity contribution < 1.29 is 18.0 Å². The minimum atomic E-state index is -3.96. The molecule has 192 valence electrons. The number of sulfonamides is 1. The summed E-state index contributed by atoms with van der Waals surface area (Å²) in [5.74, 6) is -0.262. The first-order valence-corrected chi connectivity index (χ1v) is 14.2. The molecule has 1 amide bonds. The molecule has 7 nitrogen and oxygen atoms in total. The molecular formula is C27H25Cl2N3O4S. The third-order valence-electron chi connectivity index (χ3n) is 6.81. The number of rotatable bonds is 6. The van der Waals surface area contributed by atoms with Gasteiger partial charge in [-0.15, -0.1) is 0 Å². The van der Waals surface area contributed by atoms with E-state index in [9.17, 15) is 18.0 Å². The van der Waals surface area contributed by atoms with Gasteiger partial charge in [-0.25, -0.2) is 8.42 Å². The van der Waals surface area contributed by atoms with Crippen LogP contribution in [0.25, 0.3) is 0 Å². The lowest BCUT2D eigenvalue weighted by Gasteiger charge is -2.38. The largest absolute Gasteiger partial charge is 0.337 e. The molecule has 1 aromatic heterocycles. The Balaban J connectivity index is 1.54. The Morgan fingerprint density at radius 2 is 1.84 bits per heavy atom. The standard InChI is InChI=1S/C27H25Cl2N3O4S/c1-17-5-2-6-20(11-17)37(35,36)32-16-19(31-10-4-9-26(31)34)14-23-24(32)12-18(15-30-23)13-25(33)27-21(28)7-3-8-22(27)29/h2-3,5-8,11-12,15,19H,4,9-10,13-14,16H2,1H3/t19-/m1/s1. The number of hydrogen-bond acceptors (Lipinski definition) is 5. The van der Waals surface area contributed by atoms with Crippen LogP contribution in [0, 0.1) is 6.92 Å². The number of halogens is 2. The maximum atomic E-state index is 13.9. The average Bonchev–Trinajstić information content (AvgIpc) is 3.29. The number of Topliss-reactive ketones (excluding diaryl/α,β-unsaturated/α-hetero) is 1. The van der Waals surface area contributed by atoms with Gasteiger partial charge in [0.1, 0.15) is 0 Å². The number of aryl methyl sites for hydroxylation is 1. The van der Waals surface area contributed by atoms with Gasteiger partial charge in [0, 0.05) is 32.0 Å². The average molecular weight is 558 g/mol. The fourth-order valence-corrected chi connectivity index (χ4v) is 7.24. The highest BCUT2D eigenvalue weighted by molar-refractivity contribution is 7.92. The van der Waals surface area contributed by atoms with Crippen molar-refractivity contribution in [1.29, 1.82) is 0 Å². The second-order valence-corrected chi connectivity index (χ2v) is 12.1. The van der Waals surface area contributed by atoms with Gasteiger partial charge in [0.15, 0.2) is 5.78 Å². The molecule has 1 atom stereocenters. The van der Waals surface area contributed by atoms with Gasteiger partial charge in [-0.05, 0) is 54.8 Å². The molecule has 0 unspecified atom stereocenters. The van der Waals surface area contributed by atoms with Crippen molar-refractivity contribution in [2.45, 2.75) is 43.5 Å². The maximum Gasteiger partial charge on any atom is 0.264 e. The second-order valence-electron chi connectivity index (χ2n) is 9.41. The first-order chi connectivity index (χ1) is 17.6. The number of likely N-dealkylation sites (tertiary alicyclic amines) is 1. The van der Waals surface area contributed by atoms with Gasteiger partial charge in [0.25, 0.3) is 10.0 Å². The monoisotopic (exact) mass is 557 g/mol. The van der Waals surface area contributed by atoms with Gasteiger partial charge in [0.05, 0.1) is 44.5 Å². The summed E-state index contributed by atoms with van der Waals surface area (Å²) in [5, 5.41) is 0.510. The van der Waals surface area contributed by atoms with Gasteiger partial charge < -0.3 is 4.90 Å². The van der Waals surface area contributed by atoms with E-state index in [0.717, 1.165) is 12.0 Å². The third kappa shape index (κ3) is 4.98. The maximum absolute atomic E-state index is 13.9. The molecule has 1 fully saturated rings. The van der Waals surface area contributed by atoms with Crippen LogP contribution in [0.3, 0.4) is 0 Å². The lowest BCUT2D eigenvalue weighted by molar-refractivity contribution is -0.129. The number of fused-ring (bicyclic) bond motifs is 1. The van der Waals surface area contributed by atoms with Crippen LogP contribution in [0.1, 0.15) is 40.0 Å². The third-order valence-corrected chi connectivity index (χ3v) is 9.22. The number of benzene rings is 2. The van der Waals surface area contributed by atoms with Crippen molar-refractivity contribution in [1.82, 2.24) is 9.88 Å². The van der Waals surface area contributed by atoms with Gasteiger partial charge >= 0.3 is 0 Å². The highest BCUT2D eigenvalue weighted by atomic mass is 35.5. The molecular weight excluding hydrogens is 533 g/mol. The predicted octanol–water partition coefficient (Wildman–Crippen LogP) is 4.86. The minimum Gasteiger partial charge on any atom is -0.337 e. The molecule has 3 heterocycles. The van der Waals surface area contributed by atoms with Crippen LogP contribution in [-0.4, -0.2) is 49.1 Å². The summed E-state index contributed by atoms with van der Waals surface area (Å²) in [6.07, 6.45) is 3.19. The van der Waals surface area contributed by atoms with E-state index in [4.69, 9.17) is 23.2 Å². The highest BCUT2D eigenvalue weighted by Gasteiger charge is 2.39. The van der Waals surface area contributed by atoms with Gasteiger partial charge in [0.2, 0.25) is 5.91 Å². The quantitative estimate of drug-likeness (QED) is 0.403. The predicted molar refractivity (Wildman–Crippen MR) is 143 cm³/mol. The second kappa shape index (κ2) is 10.1. The number of hydrogen-bond donors (Lipinski definition) is 0. The lowest BCUT2D eigenvalue weighted by atomic mass is 9.99. The molecule has 0 spiro atoms. The van der Waals surface area contributed by atoms with E-state index in [2.05, 4.69) is 4.98 Å². The molecule has 2 aliphatic heterocycles. The Labute approximate surface area is 226 Å². The Morgan fingerprint density at radius 3 is 2.51 bits per heavy atom. The number of pyridine rings is 1. The lowest BCUT2D eigenvalue weighted by Crippen LogP contribution is -2.51. The molecule has 0 aliphatic carbocycles. The van der Waals surface area contributed by atoms with Crippen LogP contribution in [0.2, 0.25) is 10.0 Å². The topological polar surface area (TPSA) is 87.7 Å². The zero-order chi connectivity index (χ0) is 26.3. The summed E-state index contributed by atoms with van der Waals surface area (Å²) in [5.41, 5.74) is 2.57. The van der Waals surface area contributed by atoms with Crippen molar-refractivity contribution in [3.8, 4) is 0 Å². The summed E-state index contributed by atoms with van der Waals surface area (Å²) in [4.78, 5) is 32.0. The van der Waals surface area contributed by atoms with Crippen LogP contribution >= 0.6 is 23.2 Å². The van der Waals surface area contributed by atoms with Crippen LogP contribution in [-0.2, 0) is 27.7 Å². The molecule has 1 saturated heterocycles. The smallest absolute Gasteiger partial charge is 0.264 e. The Morgan fingerprint density at radius 1 is 1.11 bits per heavy atom. The summed E-state index contributed by atoms with van der Waals surface area (Å²) in [6.45, 7) is 2.55. The van der Waals surface area contributed by atoms with Crippen LogP contribution in [0.4, 0.5) is 5.69 Å². The van der Waals surface area contributed by atoms with Crippen molar-refractivity contribution in [3.63, 3.8) is 0 Å². The van der Waals surface area contributed by atoms with Crippen molar-refractivity contribution >= 4 is 50.6 Å². The van der Waals surface area contributed by atoms with Crippen molar-refractivity contribution in [3.05, 3.63) is 87.2 Å². The number of aromatic nitrogens is 1. The van der Waals surface area contributed by atoms with Crippen LogP contribution in [0.15, 0.2) is 59.6 Å². The van der Waals surface area contributed by atoms with Gasteiger partial charge in [-0.1, -0.05) is 41.4 Å². The summed E-state index contributed by atoms with van der Waals surface area (Å²) in [6, 6.07) is 13.0. The molecule has 37 heavy (non-hydrogen) atoms. The van der Waals surface area contributed by atoms with Crippen LogP contribution in [0.5, 0.6) is 0 Å². The molecule has 0 N–H and O–H groups in total. The minimum absolute atomic E-state index is 0.0280. The van der Waals surface area contributed by atoms with E-state index in [-0.39, 0.29) is 51.2 Å². The van der Waals surface area contributed by atoms with Gasteiger partial charge in [-0.3, -0.25) is 18.9 Å². The molecule has 3 aromatic rings. The van der Waals surface area contributed by atoms with E-state index in [0.29, 0.717) is 36.3 Å². The first kappa shape index (κ1) is 25.7. The fraction of sp³-hybridized carbons (Fsp3) is 0.296. The number of carbonyl (C=O) groups excluding carboxylic acids is 2. The fourth-order valence-electron chi connectivity index (χ4n) is 5.00. The van der Waals surface area contributed by atoms with Crippen molar-refractivity contribution in [2.75, 3.05) is 17.4 Å². The van der Waals surface area contributed by atoms with E-state index >= 15 is 0 Å². The Bertz CT molecular complexity index is 1490. The zero-order valence-corrected chi connectivity index (χ0v) is 22.5. The number of anilines is 1. The molecule has 2 aromatic carbocycles. The van der Waals surface area contributed by atoms with E-state index in [1.807, 2.05) is 13.0 Å². The number of amides is 1. The number of nitrogens with zero attached hydrogens (tertiary/aromatic N) is 3. The summed E-state index contributed by atoms with van der Waals surface area (Å²) in [7, 11) is -3.96. The van der Waals surface area contributed by atoms with Crippen molar-refractivity contribution in [2.24, 2.45) is 0 Å².